The molecule has 0 unspecified atom stereocenters. The summed E-state index contributed by atoms with van der Waals surface area (Å²) in [4.78, 5) is 20.3. The zero-order valence-electron chi connectivity index (χ0n) is 13.3. The first-order valence-electron chi connectivity index (χ1n) is 7.38. The molecule has 7 heteroatoms. The molecular weight excluding hydrogens is 322 g/mol. The van der Waals surface area contributed by atoms with Crippen LogP contribution in [0.4, 0.5) is 5.69 Å². The third-order valence-corrected chi connectivity index (χ3v) is 3.30. The van der Waals surface area contributed by atoms with E-state index < -0.39 is 5.91 Å². The van der Waals surface area contributed by atoms with Crippen molar-refractivity contribution in [1.82, 2.24) is 9.97 Å². The van der Waals surface area contributed by atoms with Crippen molar-refractivity contribution in [3.63, 3.8) is 0 Å². The summed E-state index contributed by atoms with van der Waals surface area (Å²) < 4.78 is 10.6. The summed E-state index contributed by atoms with van der Waals surface area (Å²) in [7, 11) is 1.48. The molecule has 0 saturated carbocycles. The molecule has 1 heterocycles. The van der Waals surface area contributed by atoms with Crippen molar-refractivity contribution in [3.8, 4) is 23.1 Å². The first-order chi connectivity index (χ1) is 12.2. The minimum absolute atomic E-state index is 0.140. The number of amides is 1. The maximum Gasteiger partial charge on any atom is 0.259 e. The molecule has 2 aromatic carbocycles. The summed E-state index contributed by atoms with van der Waals surface area (Å²) in [6, 6.07) is 11.3. The molecule has 0 fully saturated rings. The Balaban J connectivity index is 1.74. The Bertz CT molecular complexity index is 884. The summed E-state index contributed by atoms with van der Waals surface area (Å²) in [5.74, 6) is 0.699. The summed E-state index contributed by atoms with van der Waals surface area (Å²) in [6.07, 6.45) is 4.55. The molecule has 0 radical (unpaired) electrons. The Hall–Kier alpha value is -3.61. The van der Waals surface area contributed by atoms with Gasteiger partial charge in [-0.1, -0.05) is 6.07 Å². The smallest absolute Gasteiger partial charge is 0.259 e. The number of methoxy groups -OCH3 is 1. The number of aromatic nitrogens is 2. The van der Waals surface area contributed by atoms with Crippen LogP contribution in [-0.4, -0.2) is 28.1 Å². The van der Waals surface area contributed by atoms with Crippen LogP contribution in [-0.2, 0) is 0 Å². The highest BCUT2D eigenvalue weighted by Crippen LogP contribution is 2.26. The van der Waals surface area contributed by atoms with Crippen LogP contribution in [0.3, 0.4) is 0 Å². The van der Waals surface area contributed by atoms with E-state index in [9.17, 15) is 9.90 Å². The standard InChI is InChI=1S/C18H15N3O4/c1-24-13-5-6-15(16(22)10-13)18(23)21-12-3-2-4-14(9-12)25-17-11-19-7-8-20-17/h2-11,22H,1H3,(H,21,23). The van der Waals surface area contributed by atoms with Crippen LogP contribution in [0.2, 0.25) is 0 Å². The lowest BCUT2D eigenvalue weighted by atomic mass is 10.1. The number of carbonyl (C=O) groups is 1. The van der Waals surface area contributed by atoms with Gasteiger partial charge in [0.25, 0.3) is 5.91 Å². The Morgan fingerprint density at radius 2 is 2.00 bits per heavy atom. The lowest BCUT2D eigenvalue weighted by molar-refractivity contribution is 0.102. The molecule has 0 spiro atoms. The van der Waals surface area contributed by atoms with Gasteiger partial charge in [0.05, 0.1) is 18.9 Å². The van der Waals surface area contributed by atoms with E-state index in [0.29, 0.717) is 23.1 Å². The molecule has 0 saturated heterocycles. The minimum Gasteiger partial charge on any atom is -0.507 e. The first-order valence-corrected chi connectivity index (χ1v) is 7.38. The monoisotopic (exact) mass is 337 g/mol. The van der Waals surface area contributed by atoms with Crippen LogP contribution >= 0.6 is 0 Å². The van der Waals surface area contributed by atoms with Gasteiger partial charge in [-0.15, -0.1) is 0 Å². The van der Waals surface area contributed by atoms with Crippen molar-refractivity contribution in [1.29, 1.82) is 0 Å². The van der Waals surface area contributed by atoms with E-state index in [1.165, 1.54) is 31.6 Å². The number of anilines is 1. The van der Waals surface area contributed by atoms with E-state index in [2.05, 4.69) is 15.3 Å². The van der Waals surface area contributed by atoms with Crippen molar-refractivity contribution < 1.29 is 19.4 Å². The second-order valence-electron chi connectivity index (χ2n) is 5.01. The highest BCUT2D eigenvalue weighted by atomic mass is 16.5. The highest BCUT2D eigenvalue weighted by Gasteiger charge is 2.12. The van der Waals surface area contributed by atoms with Crippen molar-refractivity contribution in [2.45, 2.75) is 0 Å². The van der Waals surface area contributed by atoms with Gasteiger partial charge in [0.15, 0.2) is 0 Å². The predicted octanol–water partition coefficient (Wildman–Crippen LogP) is 3.24. The Kier molecular flexibility index (Phi) is 4.75. The molecule has 0 aliphatic rings. The van der Waals surface area contributed by atoms with E-state index >= 15 is 0 Å². The molecule has 0 aliphatic carbocycles. The lowest BCUT2D eigenvalue weighted by Gasteiger charge is -2.10. The maximum absolute atomic E-state index is 12.3. The fourth-order valence-electron chi connectivity index (χ4n) is 2.13. The van der Waals surface area contributed by atoms with Gasteiger partial charge < -0.3 is 19.9 Å². The number of nitrogens with zero attached hydrogens (tertiary/aromatic N) is 2. The van der Waals surface area contributed by atoms with Crippen LogP contribution in [0.25, 0.3) is 0 Å². The van der Waals surface area contributed by atoms with Gasteiger partial charge in [0, 0.05) is 30.2 Å². The number of ether oxygens (including phenoxy) is 2. The summed E-state index contributed by atoms with van der Waals surface area (Å²) in [6.45, 7) is 0. The average Bonchev–Trinajstić information content (AvgIpc) is 2.62. The van der Waals surface area contributed by atoms with Gasteiger partial charge in [-0.25, -0.2) is 4.98 Å². The molecule has 126 valence electrons. The molecule has 0 atom stereocenters. The van der Waals surface area contributed by atoms with E-state index in [1.807, 2.05) is 0 Å². The fourth-order valence-corrected chi connectivity index (χ4v) is 2.13. The molecule has 3 aromatic rings. The van der Waals surface area contributed by atoms with Crippen molar-refractivity contribution >= 4 is 11.6 Å². The number of rotatable bonds is 5. The number of phenols is 1. The zero-order chi connectivity index (χ0) is 17.6. The molecule has 25 heavy (non-hydrogen) atoms. The highest BCUT2D eigenvalue weighted by molar-refractivity contribution is 6.06. The second kappa shape index (κ2) is 7.31. The van der Waals surface area contributed by atoms with Crippen LogP contribution < -0.4 is 14.8 Å². The number of hydrogen-bond acceptors (Lipinski definition) is 6. The number of benzene rings is 2. The number of carbonyl (C=O) groups excluding carboxylic acids is 1. The van der Waals surface area contributed by atoms with Crippen molar-refractivity contribution in [2.24, 2.45) is 0 Å². The van der Waals surface area contributed by atoms with E-state index in [1.54, 1.807) is 36.5 Å². The van der Waals surface area contributed by atoms with Gasteiger partial charge >= 0.3 is 0 Å². The lowest BCUT2D eigenvalue weighted by Crippen LogP contribution is -2.12. The minimum atomic E-state index is -0.447. The van der Waals surface area contributed by atoms with Gasteiger partial charge in [0.1, 0.15) is 17.2 Å². The molecule has 1 aromatic heterocycles. The van der Waals surface area contributed by atoms with E-state index in [-0.39, 0.29) is 11.3 Å². The van der Waals surface area contributed by atoms with Crippen LogP contribution in [0.15, 0.2) is 61.1 Å². The van der Waals surface area contributed by atoms with Crippen LogP contribution in [0.1, 0.15) is 10.4 Å². The molecule has 2 N–H and O–H groups in total. The summed E-state index contributed by atoms with van der Waals surface area (Å²) in [5, 5.41) is 12.6. The average molecular weight is 337 g/mol. The van der Waals surface area contributed by atoms with Gasteiger partial charge in [-0.05, 0) is 24.3 Å². The normalized spacial score (nSPS) is 10.1. The molecule has 0 aliphatic heterocycles. The predicted molar refractivity (Wildman–Crippen MR) is 91.2 cm³/mol. The maximum atomic E-state index is 12.3. The molecular formula is C18H15N3O4. The van der Waals surface area contributed by atoms with Gasteiger partial charge in [0.2, 0.25) is 5.88 Å². The van der Waals surface area contributed by atoms with Crippen LogP contribution in [0, 0.1) is 0 Å². The fraction of sp³-hybridized carbons (Fsp3) is 0.0556. The van der Waals surface area contributed by atoms with Gasteiger partial charge in [-0.3, -0.25) is 9.78 Å². The van der Waals surface area contributed by atoms with E-state index in [4.69, 9.17) is 9.47 Å². The van der Waals surface area contributed by atoms with Crippen LogP contribution in [0.5, 0.6) is 23.1 Å². The molecule has 0 bridgehead atoms. The van der Waals surface area contributed by atoms with Crippen molar-refractivity contribution in [3.05, 3.63) is 66.6 Å². The number of phenolic OH excluding ortho intramolecular Hbond substituents is 1. The summed E-state index contributed by atoms with van der Waals surface area (Å²) in [5.41, 5.74) is 0.655. The molecule has 3 rings (SSSR count). The largest absolute Gasteiger partial charge is 0.507 e. The zero-order valence-corrected chi connectivity index (χ0v) is 13.3. The Morgan fingerprint density at radius 3 is 2.72 bits per heavy atom. The summed E-state index contributed by atoms with van der Waals surface area (Å²) >= 11 is 0. The Morgan fingerprint density at radius 1 is 1.12 bits per heavy atom. The quantitative estimate of drug-likeness (QED) is 0.742. The number of aromatic hydroxyl groups is 1. The second-order valence-corrected chi connectivity index (χ2v) is 5.01. The third-order valence-electron chi connectivity index (χ3n) is 3.30. The van der Waals surface area contributed by atoms with Gasteiger partial charge in [-0.2, -0.15) is 0 Å². The number of nitrogens with one attached hydrogen (secondary N) is 1. The van der Waals surface area contributed by atoms with E-state index in [0.717, 1.165) is 0 Å². The SMILES string of the molecule is COc1ccc(C(=O)Nc2cccc(Oc3cnccn3)c2)c(O)c1. The topological polar surface area (TPSA) is 93.6 Å². The van der Waals surface area contributed by atoms with Crippen molar-refractivity contribution in [2.75, 3.05) is 12.4 Å². The third kappa shape index (κ3) is 4.03. The number of hydrogen-bond donors (Lipinski definition) is 2. The molecule has 1 amide bonds. The molecule has 7 nitrogen and oxygen atoms in total. The Labute approximate surface area is 143 Å². The first kappa shape index (κ1) is 16.3.